The first kappa shape index (κ1) is 35.4. The molecule has 2 aromatic heterocycles. The smallest absolute Gasteiger partial charge is 0.252 e. The number of nitrogens with one attached hydrogen (secondary N) is 2. The molecular formula is C42H30Cl4N4O2. The van der Waals surface area contributed by atoms with Crippen LogP contribution in [0.25, 0.3) is 44.3 Å². The Morgan fingerprint density at radius 3 is 1.38 bits per heavy atom. The molecule has 0 aliphatic carbocycles. The van der Waals surface area contributed by atoms with Crippen LogP contribution in [0, 0.1) is 13.8 Å². The Balaban J connectivity index is 1.11. The minimum Gasteiger partial charge on any atom is -0.348 e. The molecule has 6 nitrogen and oxygen atoms in total. The SMILES string of the molecule is Cc1c(-c2ccc(Cl)cc2Cl)nc2ccccc2c1C(=O)NCc1cccc(CNC(=O)c2c(C)c(-c3ccc(Cl)cc3Cl)nc3ccccc23)c1. The van der Waals surface area contributed by atoms with E-state index in [0.29, 0.717) is 75.9 Å². The van der Waals surface area contributed by atoms with Crippen molar-refractivity contribution in [2.75, 3.05) is 0 Å². The van der Waals surface area contributed by atoms with Gasteiger partial charge in [0.05, 0.1) is 43.6 Å². The lowest BCUT2D eigenvalue weighted by Gasteiger charge is -2.16. The lowest BCUT2D eigenvalue weighted by atomic mass is 9.97. The Morgan fingerprint density at radius 1 is 0.538 bits per heavy atom. The van der Waals surface area contributed by atoms with Gasteiger partial charge in [0.1, 0.15) is 0 Å². The number of aromatic nitrogens is 2. The highest BCUT2D eigenvalue weighted by atomic mass is 35.5. The van der Waals surface area contributed by atoms with Crippen molar-refractivity contribution in [2.24, 2.45) is 0 Å². The van der Waals surface area contributed by atoms with E-state index in [2.05, 4.69) is 10.6 Å². The molecule has 0 fully saturated rings. The average molecular weight is 765 g/mol. The Kier molecular flexibility index (Phi) is 10.2. The fraction of sp³-hybridized carbons (Fsp3) is 0.0952. The number of carbonyl (C=O) groups is 2. The van der Waals surface area contributed by atoms with Crippen molar-refractivity contribution in [3.63, 3.8) is 0 Å². The van der Waals surface area contributed by atoms with E-state index in [4.69, 9.17) is 56.4 Å². The molecular weight excluding hydrogens is 734 g/mol. The van der Waals surface area contributed by atoms with Crippen LogP contribution in [0.2, 0.25) is 20.1 Å². The first-order valence-corrected chi connectivity index (χ1v) is 17.9. The van der Waals surface area contributed by atoms with Crippen molar-refractivity contribution in [3.8, 4) is 22.5 Å². The van der Waals surface area contributed by atoms with Gasteiger partial charge in [0.2, 0.25) is 0 Å². The van der Waals surface area contributed by atoms with Gasteiger partial charge >= 0.3 is 0 Å². The Bertz CT molecular complexity index is 2380. The number of carbonyl (C=O) groups excluding carboxylic acids is 2. The molecule has 5 aromatic carbocycles. The van der Waals surface area contributed by atoms with Crippen LogP contribution in [0.5, 0.6) is 0 Å². The van der Waals surface area contributed by atoms with E-state index in [1.54, 1.807) is 24.3 Å². The maximum absolute atomic E-state index is 13.9. The van der Waals surface area contributed by atoms with Crippen molar-refractivity contribution >= 4 is 80.0 Å². The van der Waals surface area contributed by atoms with Gasteiger partial charge in [0.15, 0.2) is 0 Å². The predicted molar refractivity (Wildman–Crippen MR) is 213 cm³/mol. The molecule has 52 heavy (non-hydrogen) atoms. The van der Waals surface area contributed by atoms with Crippen molar-refractivity contribution in [1.82, 2.24) is 20.6 Å². The topological polar surface area (TPSA) is 84.0 Å². The fourth-order valence-electron chi connectivity index (χ4n) is 6.48. The van der Waals surface area contributed by atoms with E-state index >= 15 is 0 Å². The number of hydrogen-bond acceptors (Lipinski definition) is 4. The molecule has 10 heteroatoms. The van der Waals surface area contributed by atoms with Gasteiger partial charge in [-0.2, -0.15) is 0 Å². The molecule has 7 aromatic rings. The van der Waals surface area contributed by atoms with Crippen molar-refractivity contribution < 1.29 is 9.59 Å². The number of pyridine rings is 2. The van der Waals surface area contributed by atoms with E-state index in [1.807, 2.05) is 98.8 Å². The summed E-state index contributed by atoms with van der Waals surface area (Å²) in [5, 5.41) is 9.59. The quantitative estimate of drug-likeness (QED) is 0.161. The summed E-state index contributed by atoms with van der Waals surface area (Å²) in [7, 11) is 0. The van der Waals surface area contributed by atoms with E-state index < -0.39 is 0 Å². The zero-order valence-corrected chi connectivity index (χ0v) is 31.1. The van der Waals surface area contributed by atoms with Gasteiger partial charge in [-0.3, -0.25) is 9.59 Å². The normalized spacial score (nSPS) is 11.2. The highest BCUT2D eigenvalue weighted by molar-refractivity contribution is 6.37. The van der Waals surface area contributed by atoms with E-state index in [9.17, 15) is 9.59 Å². The maximum atomic E-state index is 13.9. The summed E-state index contributed by atoms with van der Waals surface area (Å²) in [6.07, 6.45) is 0. The van der Waals surface area contributed by atoms with Crippen LogP contribution in [-0.4, -0.2) is 21.8 Å². The summed E-state index contributed by atoms with van der Waals surface area (Å²) in [5.41, 5.74) is 8.18. The van der Waals surface area contributed by atoms with Gasteiger partial charge in [-0.05, 0) is 84.6 Å². The largest absolute Gasteiger partial charge is 0.348 e. The first-order chi connectivity index (χ1) is 25.1. The molecule has 258 valence electrons. The standard InChI is InChI=1S/C42H30Cl4N4O2/c1-23-37(31-10-3-5-12-35(31)49-39(23)29-16-14-27(43)19-33(29)45)41(51)47-21-25-8-7-9-26(18-25)22-48-42(52)38-24(2)40(30-17-15-28(44)20-34(30)46)50-36-13-6-4-11-32(36)38/h3-20H,21-22H2,1-2H3,(H,47,51)(H,48,52). The molecule has 0 radical (unpaired) electrons. The number of hydrogen-bond donors (Lipinski definition) is 2. The van der Waals surface area contributed by atoms with Crippen molar-refractivity contribution in [3.05, 3.63) is 163 Å². The van der Waals surface area contributed by atoms with Crippen molar-refractivity contribution in [1.29, 1.82) is 0 Å². The second kappa shape index (κ2) is 14.9. The summed E-state index contributed by atoms with van der Waals surface area (Å²) in [5.74, 6) is -0.476. The first-order valence-electron chi connectivity index (χ1n) is 16.4. The van der Waals surface area contributed by atoms with Crippen LogP contribution in [0.15, 0.2) is 109 Å². The third-order valence-corrected chi connectivity index (χ3v) is 10.1. The zero-order valence-electron chi connectivity index (χ0n) is 28.0. The Hall–Kier alpha value is -4.98. The number of benzene rings is 5. The maximum Gasteiger partial charge on any atom is 0.252 e. The minimum absolute atomic E-state index is 0.238. The van der Waals surface area contributed by atoms with Crippen LogP contribution in [0.1, 0.15) is 43.0 Å². The number of nitrogens with zero attached hydrogens (tertiary/aromatic N) is 2. The minimum atomic E-state index is -0.238. The molecule has 0 spiro atoms. The second-order valence-corrected chi connectivity index (χ2v) is 14.1. The van der Waals surface area contributed by atoms with Gasteiger partial charge in [-0.1, -0.05) is 107 Å². The Morgan fingerprint density at radius 2 is 0.962 bits per heavy atom. The van der Waals surface area contributed by atoms with Crippen molar-refractivity contribution in [2.45, 2.75) is 26.9 Å². The summed E-state index contributed by atoms with van der Waals surface area (Å²) < 4.78 is 0. The third-order valence-electron chi connectivity index (χ3n) is 9.00. The van der Waals surface area contributed by atoms with Gasteiger partial charge in [-0.15, -0.1) is 0 Å². The molecule has 0 bridgehead atoms. The van der Waals surface area contributed by atoms with E-state index in [0.717, 1.165) is 21.9 Å². The van der Waals surface area contributed by atoms with Gasteiger partial charge in [-0.25, -0.2) is 9.97 Å². The Labute approximate surface area is 320 Å². The molecule has 2 amide bonds. The molecule has 0 atom stereocenters. The van der Waals surface area contributed by atoms with Crippen LogP contribution >= 0.6 is 46.4 Å². The summed E-state index contributed by atoms with van der Waals surface area (Å²) in [6.45, 7) is 4.29. The number of halogens is 4. The molecule has 0 saturated carbocycles. The molecule has 0 saturated heterocycles. The van der Waals surface area contributed by atoms with Crippen LogP contribution in [0.3, 0.4) is 0 Å². The van der Waals surface area contributed by atoms with E-state index in [1.165, 1.54) is 0 Å². The van der Waals surface area contributed by atoms with Gasteiger partial charge < -0.3 is 10.6 Å². The second-order valence-electron chi connectivity index (χ2n) is 12.4. The van der Waals surface area contributed by atoms with Crippen LogP contribution < -0.4 is 10.6 Å². The highest BCUT2D eigenvalue weighted by Crippen LogP contribution is 2.36. The zero-order chi connectivity index (χ0) is 36.5. The van der Waals surface area contributed by atoms with Gasteiger partial charge in [0.25, 0.3) is 11.8 Å². The number of para-hydroxylation sites is 2. The summed E-state index contributed by atoms with van der Waals surface area (Å²) in [4.78, 5) is 37.5. The van der Waals surface area contributed by atoms with Crippen LogP contribution in [-0.2, 0) is 13.1 Å². The summed E-state index contributed by atoms with van der Waals surface area (Å²) >= 11 is 25.5. The highest BCUT2D eigenvalue weighted by Gasteiger charge is 2.22. The number of amides is 2. The lowest BCUT2D eigenvalue weighted by molar-refractivity contribution is 0.0944. The summed E-state index contributed by atoms with van der Waals surface area (Å²) in [6, 6.07) is 33.3. The number of rotatable bonds is 8. The van der Waals surface area contributed by atoms with Gasteiger partial charge in [0, 0.05) is 45.0 Å². The molecule has 7 rings (SSSR count). The monoisotopic (exact) mass is 762 g/mol. The lowest BCUT2D eigenvalue weighted by Crippen LogP contribution is -2.25. The predicted octanol–water partition coefficient (Wildman–Crippen LogP) is 11.2. The third kappa shape index (κ3) is 7.08. The average Bonchev–Trinajstić information content (AvgIpc) is 3.13. The fourth-order valence-corrected chi connectivity index (χ4v) is 7.47. The molecule has 0 unspecified atom stereocenters. The molecule has 2 heterocycles. The van der Waals surface area contributed by atoms with E-state index in [-0.39, 0.29) is 24.9 Å². The molecule has 0 aliphatic rings. The number of fused-ring (bicyclic) bond motifs is 2. The molecule has 2 N–H and O–H groups in total. The van der Waals surface area contributed by atoms with Crippen LogP contribution in [0.4, 0.5) is 0 Å². The molecule has 0 aliphatic heterocycles.